The van der Waals surface area contributed by atoms with E-state index in [0.29, 0.717) is 0 Å². The summed E-state index contributed by atoms with van der Waals surface area (Å²) in [7, 11) is 0. The van der Waals surface area contributed by atoms with Crippen LogP contribution in [0.25, 0.3) is 52.2 Å². The summed E-state index contributed by atoms with van der Waals surface area (Å²) in [6.45, 7) is 9.15. The molecular weight excluding hydrogens is 545 g/mol. The van der Waals surface area contributed by atoms with Gasteiger partial charge in [0.25, 0.3) is 0 Å². The van der Waals surface area contributed by atoms with E-state index in [4.69, 9.17) is 0 Å². The first kappa shape index (κ1) is 23.3. The van der Waals surface area contributed by atoms with E-state index in [9.17, 15) is 0 Å². The molecule has 0 amide bonds. The van der Waals surface area contributed by atoms with Gasteiger partial charge >= 0.3 is 0 Å². The van der Waals surface area contributed by atoms with Gasteiger partial charge in [0.05, 0.1) is 0 Å². The van der Waals surface area contributed by atoms with Gasteiger partial charge in [-0.1, -0.05) is 66.7 Å². The fraction of sp³-hybridized carbons (Fsp3) is 0.100. The van der Waals surface area contributed by atoms with Crippen LogP contribution in [-0.4, -0.2) is 0 Å². The van der Waals surface area contributed by atoms with Crippen LogP contribution >= 0.6 is 22.7 Å². The number of benzene rings is 6. The molecule has 42 heavy (non-hydrogen) atoms. The largest absolute Gasteiger partial charge is 0.135 e. The number of fused-ring (bicyclic) bond motifs is 6. The third kappa shape index (κ3) is 2.73. The molecule has 8 aromatic rings. The van der Waals surface area contributed by atoms with E-state index in [1.165, 1.54) is 115 Å². The number of thiophene rings is 2. The van der Waals surface area contributed by atoms with Gasteiger partial charge in [-0.15, -0.1) is 22.7 Å². The van der Waals surface area contributed by atoms with Crippen molar-refractivity contribution in [2.24, 2.45) is 0 Å². The summed E-state index contributed by atoms with van der Waals surface area (Å²) in [6, 6.07) is 32.5. The van der Waals surface area contributed by atoms with Crippen molar-refractivity contribution >= 4 is 64.4 Å². The second kappa shape index (κ2) is 7.77. The predicted octanol–water partition coefficient (Wildman–Crippen LogP) is 11.1. The van der Waals surface area contributed by atoms with E-state index in [2.05, 4.69) is 113 Å². The molecule has 0 nitrogen and oxygen atoms in total. The van der Waals surface area contributed by atoms with Crippen LogP contribution in [0.2, 0.25) is 0 Å². The van der Waals surface area contributed by atoms with E-state index in [-0.39, 0.29) is 0 Å². The fourth-order valence-electron chi connectivity index (χ4n) is 7.90. The Balaban J connectivity index is 1.38. The summed E-state index contributed by atoms with van der Waals surface area (Å²) < 4.78 is 4.20. The summed E-state index contributed by atoms with van der Waals surface area (Å²) in [5.41, 5.74) is 6.86. The Kier molecular flexibility index (Phi) is 4.32. The molecule has 0 spiro atoms. The maximum Gasteiger partial charge on any atom is 0.0440 e. The van der Waals surface area contributed by atoms with Crippen LogP contribution in [0.15, 0.2) is 84.9 Å². The van der Waals surface area contributed by atoms with Crippen LogP contribution in [0.3, 0.4) is 0 Å². The minimum Gasteiger partial charge on any atom is -0.135 e. The molecule has 0 fully saturated rings. The second-order valence-corrected chi connectivity index (χ2v) is 14.4. The predicted molar refractivity (Wildman–Crippen MR) is 180 cm³/mol. The molecule has 198 valence electrons. The van der Waals surface area contributed by atoms with Crippen molar-refractivity contribution in [1.82, 2.24) is 0 Å². The Labute approximate surface area is 249 Å². The van der Waals surface area contributed by atoms with Gasteiger partial charge in [-0.3, -0.25) is 0 Å². The molecule has 2 aromatic heterocycles. The summed E-state index contributed by atoms with van der Waals surface area (Å²) in [6.07, 6.45) is 0. The Morgan fingerprint density at radius 1 is 0.476 bits per heavy atom. The fourth-order valence-corrected chi connectivity index (χ4v) is 10.3. The summed E-state index contributed by atoms with van der Waals surface area (Å²) in [5.74, 6) is 0. The van der Waals surface area contributed by atoms with E-state index in [1.54, 1.807) is 0 Å². The first-order valence-corrected chi connectivity index (χ1v) is 16.3. The molecule has 0 saturated heterocycles. The van der Waals surface area contributed by atoms with Crippen molar-refractivity contribution in [3.8, 4) is 10.4 Å². The van der Waals surface area contributed by atoms with Gasteiger partial charge in [-0.25, -0.2) is 0 Å². The lowest BCUT2D eigenvalue weighted by molar-refractivity contribution is 1.31. The molecule has 10 rings (SSSR count). The van der Waals surface area contributed by atoms with Crippen LogP contribution in [0.5, 0.6) is 0 Å². The third-order valence-corrected chi connectivity index (χ3v) is 12.4. The van der Waals surface area contributed by atoms with Gasteiger partial charge in [0.1, 0.15) is 0 Å². The molecule has 0 aliphatic heterocycles. The molecule has 0 radical (unpaired) electrons. The van der Waals surface area contributed by atoms with E-state index in [0.717, 1.165) is 0 Å². The molecule has 0 bridgehead atoms. The minimum atomic E-state index is 1.30. The Bertz CT molecular complexity index is 2910. The normalized spacial score (nSPS) is 12.8. The molecule has 2 heterocycles. The smallest absolute Gasteiger partial charge is 0.0440 e. The first-order valence-electron chi connectivity index (χ1n) is 14.7. The standard InChI is InChI=1S/C40H26S2/c1-19-14-29-21(3)35-25-10-11-27-38-28(13-12-26(37(25)38)36(35)22(4)30(29)15-20(19)2)40-39(27)31-16-24-17-32(23-8-6-5-7-9-23)41-33(24)18-34(31)42-40/h5-18H,1-4H3. The van der Waals surface area contributed by atoms with E-state index < -0.39 is 0 Å². The number of hydrogen-bond acceptors (Lipinski definition) is 2. The topological polar surface area (TPSA) is 0 Å². The molecule has 2 aliphatic carbocycles. The lowest BCUT2D eigenvalue weighted by atomic mass is 9.93. The Morgan fingerprint density at radius 3 is 1.74 bits per heavy atom. The maximum atomic E-state index is 2.45. The lowest BCUT2D eigenvalue weighted by Crippen LogP contribution is -1.92. The number of rotatable bonds is 1. The highest BCUT2D eigenvalue weighted by Crippen LogP contribution is 2.41. The molecular formula is C40H26S2. The van der Waals surface area contributed by atoms with E-state index in [1.807, 2.05) is 22.7 Å². The average Bonchev–Trinajstić information content (AvgIpc) is 3.74. The SMILES string of the molecule is Cc1cc2c(C)c3c(c(C)c2cc1C)=c1ccc2c4c(ccc=3c14)=c1sc3cc4sc(-c5ccccc5)cc4cc3c1=2. The van der Waals surface area contributed by atoms with Crippen LogP contribution < -0.4 is 0 Å². The lowest BCUT2D eigenvalue weighted by Gasteiger charge is -2.11. The Morgan fingerprint density at radius 2 is 1.07 bits per heavy atom. The zero-order valence-electron chi connectivity index (χ0n) is 23.9. The summed E-state index contributed by atoms with van der Waals surface area (Å²) in [5, 5.41) is 18.4. The molecule has 2 aliphatic rings. The molecule has 2 heteroatoms. The van der Waals surface area contributed by atoms with Crippen LogP contribution in [0.1, 0.15) is 22.3 Å². The highest BCUT2D eigenvalue weighted by Gasteiger charge is 2.19. The third-order valence-electron chi connectivity index (χ3n) is 10.0. The van der Waals surface area contributed by atoms with Crippen LogP contribution in [0, 0.1) is 68.8 Å². The van der Waals surface area contributed by atoms with Gasteiger partial charge < -0.3 is 0 Å². The molecule has 6 aromatic carbocycles. The highest BCUT2D eigenvalue weighted by atomic mass is 32.1. The van der Waals surface area contributed by atoms with Crippen molar-refractivity contribution in [3.05, 3.63) is 148 Å². The van der Waals surface area contributed by atoms with E-state index >= 15 is 0 Å². The van der Waals surface area contributed by atoms with Gasteiger partial charge in [-0.05, 0) is 127 Å². The van der Waals surface area contributed by atoms with Crippen molar-refractivity contribution in [2.75, 3.05) is 0 Å². The second-order valence-electron chi connectivity index (χ2n) is 12.2. The van der Waals surface area contributed by atoms with Gasteiger partial charge in [0.15, 0.2) is 0 Å². The highest BCUT2D eigenvalue weighted by molar-refractivity contribution is 7.23. The Hall–Kier alpha value is -4.24. The molecule has 0 N–H and O–H groups in total. The monoisotopic (exact) mass is 570 g/mol. The molecule has 0 saturated carbocycles. The van der Waals surface area contributed by atoms with Crippen molar-refractivity contribution in [1.29, 1.82) is 0 Å². The van der Waals surface area contributed by atoms with Crippen molar-refractivity contribution < 1.29 is 0 Å². The van der Waals surface area contributed by atoms with Gasteiger partial charge in [0.2, 0.25) is 0 Å². The minimum absolute atomic E-state index is 1.30. The maximum absolute atomic E-state index is 2.45. The number of hydrogen-bond donors (Lipinski definition) is 0. The van der Waals surface area contributed by atoms with Gasteiger partial charge in [0, 0.05) is 34.6 Å². The average molecular weight is 571 g/mol. The zero-order valence-corrected chi connectivity index (χ0v) is 25.5. The quantitative estimate of drug-likeness (QED) is 0.184. The first-order chi connectivity index (χ1) is 20.5. The van der Waals surface area contributed by atoms with Crippen LogP contribution in [-0.2, 0) is 0 Å². The summed E-state index contributed by atoms with van der Waals surface area (Å²) >= 11 is 3.87. The van der Waals surface area contributed by atoms with Crippen molar-refractivity contribution in [2.45, 2.75) is 27.7 Å². The zero-order chi connectivity index (χ0) is 28.0. The number of aryl methyl sites for hydroxylation is 4. The van der Waals surface area contributed by atoms with Crippen LogP contribution in [0.4, 0.5) is 0 Å². The summed E-state index contributed by atoms with van der Waals surface area (Å²) in [4.78, 5) is 1.34. The van der Waals surface area contributed by atoms with Crippen molar-refractivity contribution in [3.63, 3.8) is 0 Å². The van der Waals surface area contributed by atoms with Gasteiger partial charge in [-0.2, -0.15) is 0 Å². The molecule has 0 atom stereocenters. The molecule has 0 unspecified atom stereocenters.